The van der Waals surface area contributed by atoms with Crippen molar-refractivity contribution in [2.45, 2.75) is 165 Å². The first kappa shape index (κ1) is 37.4. The average molecular weight is 727 g/mol. The van der Waals surface area contributed by atoms with Gasteiger partial charge in [-0.15, -0.1) is 0 Å². The molecule has 51 heavy (non-hydrogen) atoms. The van der Waals surface area contributed by atoms with E-state index in [4.69, 9.17) is 28.4 Å². The molecule has 8 fully saturated rings. The van der Waals surface area contributed by atoms with Gasteiger partial charge in [0.1, 0.15) is 42.7 Å². The maximum Gasteiger partial charge on any atom is 0.187 e. The minimum atomic E-state index is -1.62. The monoisotopic (exact) mass is 726 g/mol. The van der Waals surface area contributed by atoms with Crippen LogP contribution in [0.3, 0.4) is 0 Å². The average Bonchev–Trinajstić information content (AvgIpc) is 3.55. The quantitative estimate of drug-likeness (QED) is 0.199. The Morgan fingerprint density at radius 3 is 2.20 bits per heavy atom. The van der Waals surface area contributed by atoms with Gasteiger partial charge < -0.3 is 64.2 Å². The third-order valence-corrected chi connectivity index (χ3v) is 15.8. The molecule has 13 nitrogen and oxygen atoms in total. The van der Waals surface area contributed by atoms with E-state index in [2.05, 4.69) is 27.7 Å². The van der Waals surface area contributed by atoms with Crippen molar-refractivity contribution in [1.82, 2.24) is 0 Å². The molecule has 8 rings (SSSR count). The van der Waals surface area contributed by atoms with E-state index in [1.165, 1.54) is 0 Å². The summed E-state index contributed by atoms with van der Waals surface area (Å²) in [6, 6.07) is 0. The molecule has 4 saturated heterocycles. The molecule has 4 saturated carbocycles. The Balaban J connectivity index is 0.959. The van der Waals surface area contributed by atoms with E-state index in [1.807, 2.05) is 0 Å². The molecule has 7 N–H and O–H groups in total. The molecule has 13 heteroatoms. The zero-order chi connectivity index (χ0) is 36.2. The second-order valence-corrected chi connectivity index (χ2v) is 18.4. The Labute approximate surface area is 300 Å². The molecule has 1 spiro atoms. The van der Waals surface area contributed by atoms with E-state index in [9.17, 15) is 35.7 Å². The summed E-state index contributed by atoms with van der Waals surface area (Å²) in [5, 5.41) is 74.2. The smallest absolute Gasteiger partial charge is 0.187 e. The second kappa shape index (κ2) is 13.6. The standard InChI is InChI=1S/C38H62O13/c1-17-5-10-38(47-15-17)18(2)28-26(51-38)13-22-20-12-24(40)23-11-19(6-8-36(23,3)21(20)7-9-37(22,28)4)48-35-33(31(44)30(43)27(14-39)49-35)50-34-32(45)29(42)25(41)16-46-34/h17-35,39-45H,5-16H2,1-4H3/t17-,18+,19+,20-,21+,22+,23-,24+,25-,26+,27-,28+,29+,30-,31+,32-,33-,34+,35-,36-,37+,38-/m1/s1. The lowest BCUT2D eigenvalue weighted by molar-refractivity contribution is -0.364. The molecular formula is C38H62O13. The topological polar surface area (TPSA) is 197 Å². The van der Waals surface area contributed by atoms with Crippen LogP contribution in [0.25, 0.3) is 0 Å². The molecule has 0 bridgehead atoms. The Morgan fingerprint density at radius 1 is 0.706 bits per heavy atom. The summed E-state index contributed by atoms with van der Waals surface area (Å²) in [7, 11) is 0. The van der Waals surface area contributed by atoms with Crippen LogP contribution in [0.15, 0.2) is 0 Å². The lowest BCUT2D eigenvalue weighted by Gasteiger charge is -2.62. The maximum atomic E-state index is 12.0. The maximum absolute atomic E-state index is 12.0. The first-order chi connectivity index (χ1) is 24.2. The molecule has 8 aliphatic rings. The van der Waals surface area contributed by atoms with Crippen molar-refractivity contribution in [2.75, 3.05) is 19.8 Å². The Hall–Kier alpha value is -0.520. The third-order valence-electron chi connectivity index (χ3n) is 15.8. The van der Waals surface area contributed by atoms with Crippen LogP contribution in [0.5, 0.6) is 0 Å². The van der Waals surface area contributed by atoms with Crippen molar-refractivity contribution >= 4 is 0 Å². The predicted octanol–water partition coefficient (Wildman–Crippen LogP) is 1.05. The van der Waals surface area contributed by atoms with E-state index in [-0.39, 0.29) is 35.6 Å². The summed E-state index contributed by atoms with van der Waals surface area (Å²) in [4.78, 5) is 0. The Kier molecular flexibility index (Phi) is 9.97. The number of aliphatic hydroxyl groups is 7. The lowest BCUT2D eigenvalue weighted by Crippen LogP contribution is -2.64. The van der Waals surface area contributed by atoms with Crippen LogP contribution < -0.4 is 0 Å². The van der Waals surface area contributed by atoms with Crippen molar-refractivity contribution in [3.05, 3.63) is 0 Å². The highest BCUT2D eigenvalue weighted by molar-refractivity contribution is 5.16. The highest BCUT2D eigenvalue weighted by Crippen LogP contribution is 2.71. The van der Waals surface area contributed by atoms with Gasteiger partial charge in [-0.2, -0.15) is 0 Å². The van der Waals surface area contributed by atoms with Crippen LogP contribution in [0.1, 0.15) is 85.5 Å². The van der Waals surface area contributed by atoms with Gasteiger partial charge in [0.25, 0.3) is 0 Å². The first-order valence-corrected chi connectivity index (χ1v) is 19.8. The third kappa shape index (κ3) is 5.90. The summed E-state index contributed by atoms with van der Waals surface area (Å²) >= 11 is 0. The van der Waals surface area contributed by atoms with Gasteiger partial charge in [-0.1, -0.05) is 27.7 Å². The highest BCUT2D eigenvalue weighted by Gasteiger charge is 2.70. The molecule has 0 radical (unpaired) electrons. The highest BCUT2D eigenvalue weighted by atomic mass is 16.8. The fourth-order valence-electron chi connectivity index (χ4n) is 13.0. The number of hydrogen-bond acceptors (Lipinski definition) is 13. The molecular weight excluding hydrogens is 664 g/mol. The predicted molar refractivity (Wildman–Crippen MR) is 178 cm³/mol. The Morgan fingerprint density at radius 2 is 1.47 bits per heavy atom. The van der Waals surface area contributed by atoms with Gasteiger partial charge in [0.15, 0.2) is 18.4 Å². The van der Waals surface area contributed by atoms with Crippen LogP contribution in [0.2, 0.25) is 0 Å². The summed E-state index contributed by atoms with van der Waals surface area (Å²) < 4.78 is 37.2. The molecule has 4 aliphatic carbocycles. The number of hydrogen-bond donors (Lipinski definition) is 7. The minimum Gasteiger partial charge on any atom is -0.394 e. The van der Waals surface area contributed by atoms with E-state index in [0.29, 0.717) is 48.3 Å². The van der Waals surface area contributed by atoms with Crippen molar-refractivity contribution in [2.24, 2.45) is 52.3 Å². The van der Waals surface area contributed by atoms with Gasteiger partial charge in [0.2, 0.25) is 0 Å². The van der Waals surface area contributed by atoms with Gasteiger partial charge in [0, 0.05) is 12.3 Å². The zero-order valence-electron chi connectivity index (χ0n) is 30.5. The number of aliphatic hydroxyl groups excluding tert-OH is 7. The number of ether oxygens (including phenoxy) is 6. The van der Waals surface area contributed by atoms with Crippen LogP contribution >= 0.6 is 0 Å². The van der Waals surface area contributed by atoms with Gasteiger partial charge in [-0.3, -0.25) is 0 Å². The van der Waals surface area contributed by atoms with Crippen LogP contribution in [-0.2, 0) is 28.4 Å². The van der Waals surface area contributed by atoms with Gasteiger partial charge in [0.05, 0.1) is 38.1 Å². The molecule has 0 amide bonds. The molecule has 0 aromatic carbocycles. The van der Waals surface area contributed by atoms with E-state index < -0.39 is 73.8 Å². The van der Waals surface area contributed by atoms with Crippen molar-refractivity contribution in [1.29, 1.82) is 0 Å². The normalized spacial score (nSPS) is 59.9. The second-order valence-electron chi connectivity index (χ2n) is 18.4. The van der Waals surface area contributed by atoms with Crippen molar-refractivity contribution in [3.63, 3.8) is 0 Å². The van der Waals surface area contributed by atoms with E-state index in [0.717, 1.165) is 51.6 Å². The van der Waals surface area contributed by atoms with Crippen LogP contribution in [0, 0.1) is 52.3 Å². The van der Waals surface area contributed by atoms with E-state index in [1.54, 1.807) is 0 Å². The lowest BCUT2D eigenvalue weighted by atomic mass is 9.43. The molecule has 0 aromatic rings. The minimum absolute atomic E-state index is 0.00826. The molecule has 292 valence electrons. The first-order valence-electron chi connectivity index (χ1n) is 19.8. The van der Waals surface area contributed by atoms with Crippen molar-refractivity contribution < 1.29 is 64.2 Å². The summed E-state index contributed by atoms with van der Waals surface area (Å²) in [5.41, 5.74) is 0.0668. The fraction of sp³-hybridized carbons (Fsp3) is 1.00. The zero-order valence-corrected chi connectivity index (χ0v) is 30.5. The van der Waals surface area contributed by atoms with Crippen LogP contribution in [-0.4, -0.2) is 135 Å². The molecule has 0 aromatic heterocycles. The van der Waals surface area contributed by atoms with Gasteiger partial charge >= 0.3 is 0 Å². The number of fused-ring (bicyclic) bond motifs is 7. The largest absolute Gasteiger partial charge is 0.394 e. The van der Waals surface area contributed by atoms with Gasteiger partial charge in [-0.05, 0) is 97.7 Å². The van der Waals surface area contributed by atoms with Gasteiger partial charge in [-0.25, -0.2) is 0 Å². The fourth-order valence-corrected chi connectivity index (χ4v) is 13.0. The summed E-state index contributed by atoms with van der Waals surface area (Å²) in [6.45, 7) is 9.39. The van der Waals surface area contributed by atoms with E-state index >= 15 is 0 Å². The summed E-state index contributed by atoms with van der Waals surface area (Å²) in [6.07, 6.45) is -5.04. The molecule has 4 aliphatic heterocycles. The molecule has 4 heterocycles. The van der Waals surface area contributed by atoms with Crippen molar-refractivity contribution in [3.8, 4) is 0 Å². The Bertz CT molecular complexity index is 1250. The molecule has 22 atom stereocenters. The van der Waals surface area contributed by atoms with Crippen LogP contribution in [0.4, 0.5) is 0 Å². The number of rotatable bonds is 5. The summed E-state index contributed by atoms with van der Waals surface area (Å²) in [5.74, 6) is 2.30. The molecule has 0 unspecified atom stereocenters. The SMILES string of the molecule is C[C@@H]1CC[C@@]2(OC1)O[C@H]1C[C@H]3[C@@H]4C[C@H](O)[C@H]5C[C@@H](O[C@@H]6O[C@H](CO)[C@@H](O)[C@H](O)[C@H]6O[C@@H]6OC[C@@H](O)[C@H](O)[C@H]6O)CC[C@]5(C)[C@H]4CC[C@]3(C)[C@H]1[C@@H]2C.